The number of H-pyrrole nitrogens is 1. The molecule has 20 heavy (non-hydrogen) atoms. The molecule has 0 aromatic carbocycles. The molecule has 2 heterocycles. The van der Waals surface area contributed by atoms with Crippen LogP contribution in [0.3, 0.4) is 0 Å². The number of aliphatic hydroxyl groups excluding tert-OH is 2. The lowest BCUT2D eigenvalue weighted by Crippen LogP contribution is -2.58. The molecule has 0 amide bonds. The van der Waals surface area contributed by atoms with E-state index in [2.05, 4.69) is 0 Å². The molecule has 1 saturated heterocycles. The van der Waals surface area contributed by atoms with Crippen molar-refractivity contribution in [1.82, 2.24) is 9.55 Å². The van der Waals surface area contributed by atoms with Gasteiger partial charge in [0.15, 0.2) is 5.60 Å². The van der Waals surface area contributed by atoms with Crippen molar-refractivity contribution in [2.24, 2.45) is 0 Å². The van der Waals surface area contributed by atoms with Gasteiger partial charge in [0.2, 0.25) is 0 Å². The fourth-order valence-corrected chi connectivity index (χ4v) is 2.26. The normalized spacial score (nSPS) is 36.8. The average Bonchev–Trinajstić information content (AvgIpc) is 2.59. The first-order valence-corrected chi connectivity index (χ1v) is 5.73. The van der Waals surface area contributed by atoms with E-state index in [9.17, 15) is 25.1 Å². The maximum Gasteiger partial charge on any atom is 0.331 e. The van der Waals surface area contributed by atoms with Crippen LogP contribution in [0.15, 0.2) is 21.9 Å². The number of ether oxygens (including phenoxy) is 1. The van der Waals surface area contributed by atoms with Crippen LogP contribution in [0.1, 0.15) is 6.92 Å². The van der Waals surface area contributed by atoms with Crippen LogP contribution < -0.4 is 11.2 Å². The third-order valence-electron chi connectivity index (χ3n) is 3.43. The van der Waals surface area contributed by atoms with Crippen LogP contribution in [0.4, 0.5) is 0 Å². The van der Waals surface area contributed by atoms with Gasteiger partial charge in [-0.25, -0.2) is 4.79 Å². The van der Waals surface area contributed by atoms with Gasteiger partial charge >= 0.3 is 5.69 Å². The summed E-state index contributed by atoms with van der Waals surface area (Å²) in [5.41, 5.74) is -6.10. The molecule has 1 aromatic rings. The summed E-state index contributed by atoms with van der Waals surface area (Å²) in [6.07, 6.45) is -1.86. The molecule has 0 bridgehead atoms. The SMILES string of the molecule is CC1(O)C(O)C(CO)OC1(C#N)n1ccc(=O)[nH]c1=O. The highest BCUT2D eigenvalue weighted by molar-refractivity contribution is 5.18. The lowest BCUT2D eigenvalue weighted by molar-refractivity contribution is -0.152. The number of nitrogens with zero attached hydrogens (tertiary/aromatic N) is 2. The first-order chi connectivity index (χ1) is 9.30. The molecule has 1 fully saturated rings. The van der Waals surface area contributed by atoms with Crippen molar-refractivity contribution >= 4 is 0 Å². The number of rotatable bonds is 2. The monoisotopic (exact) mass is 283 g/mol. The summed E-state index contributed by atoms with van der Waals surface area (Å²) in [6, 6.07) is 2.61. The van der Waals surface area contributed by atoms with Gasteiger partial charge in [-0.1, -0.05) is 0 Å². The Morgan fingerprint density at radius 3 is 2.70 bits per heavy atom. The number of aromatic amines is 1. The largest absolute Gasteiger partial charge is 0.394 e. The molecule has 0 spiro atoms. The summed E-state index contributed by atoms with van der Waals surface area (Å²) in [7, 11) is 0. The molecule has 1 aliphatic rings. The van der Waals surface area contributed by atoms with Crippen LogP contribution in [0.5, 0.6) is 0 Å². The van der Waals surface area contributed by atoms with E-state index in [4.69, 9.17) is 9.84 Å². The molecular weight excluding hydrogens is 270 g/mol. The van der Waals surface area contributed by atoms with Crippen molar-refractivity contribution in [1.29, 1.82) is 5.26 Å². The van der Waals surface area contributed by atoms with Crippen molar-refractivity contribution in [3.8, 4) is 6.07 Å². The molecule has 9 nitrogen and oxygen atoms in total. The van der Waals surface area contributed by atoms with Gasteiger partial charge in [-0.3, -0.25) is 14.3 Å². The number of aliphatic hydroxyl groups is 3. The van der Waals surface area contributed by atoms with Gasteiger partial charge in [-0.15, -0.1) is 0 Å². The topological polar surface area (TPSA) is 149 Å². The lowest BCUT2D eigenvalue weighted by Gasteiger charge is -2.34. The second-order valence-electron chi connectivity index (χ2n) is 4.67. The highest BCUT2D eigenvalue weighted by Crippen LogP contribution is 2.42. The van der Waals surface area contributed by atoms with Gasteiger partial charge in [0.25, 0.3) is 11.3 Å². The summed E-state index contributed by atoms with van der Waals surface area (Å²) in [5, 5.41) is 38.7. The lowest BCUT2D eigenvalue weighted by atomic mass is 9.88. The Balaban J connectivity index is 2.70. The Morgan fingerprint density at radius 2 is 2.25 bits per heavy atom. The maximum absolute atomic E-state index is 11.8. The van der Waals surface area contributed by atoms with Crippen molar-refractivity contribution in [3.63, 3.8) is 0 Å². The number of aromatic nitrogens is 2. The van der Waals surface area contributed by atoms with E-state index in [0.29, 0.717) is 4.57 Å². The fourth-order valence-electron chi connectivity index (χ4n) is 2.26. The standard InChI is InChI=1S/C11H13N3O6/c1-10(19)8(17)6(4-15)20-11(10,5-12)14-3-2-7(16)13-9(14)18/h2-3,6,8,15,17,19H,4H2,1H3,(H,13,16,18). The van der Waals surface area contributed by atoms with Crippen LogP contribution in [0.2, 0.25) is 0 Å². The number of hydrogen-bond acceptors (Lipinski definition) is 7. The van der Waals surface area contributed by atoms with Gasteiger partial charge in [0, 0.05) is 12.3 Å². The van der Waals surface area contributed by atoms with Crippen molar-refractivity contribution in [2.45, 2.75) is 30.5 Å². The zero-order valence-electron chi connectivity index (χ0n) is 10.5. The molecule has 108 valence electrons. The third kappa shape index (κ3) is 1.70. The first kappa shape index (κ1) is 14.4. The summed E-state index contributed by atoms with van der Waals surface area (Å²) in [5.74, 6) is 0. The quantitative estimate of drug-likeness (QED) is 0.458. The predicted molar refractivity (Wildman–Crippen MR) is 63.5 cm³/mol. The Kier molecular flexibility index (Phi) is 3.27. The van der Waals surface area contributed by atoms with E-state index in [1.54, 1.807) is 6.07 Å². The zero-order chi connectivity index (χ0) is 15.1. The molecule has 2 rings (SSSR count). The summed E-state index contributed by atoms with van der Waals surface area (Å²) >= 11 is 0. The maximum atomic E-state index is 11.8. The number of nitriles is 1. The van der Waals surface area contributed by atoms with Gasteiger partial charge in [0.05, 0.1) is 6.61 Å². The van der Waals surface area contributed by atoms with E-state index in [1.165, 1.54) is 0 Å². The van der Waals surface area contributed by atoms with Crippen LogP contribution in [0.25, 0.3) is 0 Å². The number of hydrogen-bond donors (Lipinski definition) is 4. The second kappa shape index (κ2) is 4.53. The molecule has 1 aliphatic heterocycles. The molecule has 9 heteroatoms. The van der Waals surface area contributed by atoms with Crippen LogP contribution in [0, 0.1) is 11.3 Å². The first-order valence-electron chi connectivity index (χ1n) is 5.73. The Bertz CT molecular complexity index is 672. The Labute approximate surface area is 112 Å². The fraction of sp³-hybridized carbons (Fsp3) is 0.545. The van der Waals surface area contributed by atoms with Crippen molar-refractivity contribution in [2.75, 3.05) is 6.61 Å². The molecule has 1 aromatic heterocycles. The Morgan fingerprint density at radius 1 is 1.60 bits per heavy atom. The Hall–Kier alpha value is -1.99. The molecule has 0 aliphatic carbocycles. The van der Waals surface area contributed by atoms with Crippen molar-refractivity contribution < 1.29 is 20.1 Å². The van der Waals surface area contributed by atoms with Gasteiger partial charge in [-0.05, 0) is 6.92 Å². The minimum atomic E-state index is -2.26. The summed E-state index contributed by atoms with van der Waals surface area (Å²) in [4.78, 5) is 24.8. The summed E-state index contributed by atoms with van der Waals surface area (Å²) < 4.78 is 5.89. The van der Waals surface area contributed by atoms with E-state index < -0.39 is 41.4 Å². The molecule has 4 atom stereocenters. The van der Waals surface area contributed by atoms with E-state index in [-0.39, 0.29) is 0 Å². The van der Waals surface area contributed by atoms with Gasteiger partial charge < -0.3 is 20.1 Å². The average molecular weight is 283 g/mol. The predicted octanol–water partition coefficient (Wildman–Crippen LogP) is -2.78. The van der Waals surface area contributed by atoms with E-state index in [1.807, 2.05) is 4.98 Å². The van der Waals surface area contributed by atoms with Gasteiger partial charge in [0.1, 0.15) is 18.3 Å². The molecular formula is C11H13N3O6. The van der Waals surface area contributed by atoms with E-state index >= 15 is 0 Å². The van der Waals surface area contributed by atoms with E-state index in [0.717, 1.165) is 19.2 Å². The molecule has 0 radical (unpaired) electrons. The summed E-state index contributed by atoms with van der Waals surface area (Å²) in [6.45, 7) is 0.451. The minimum Gasteiger partial charge on any atom is -0.394 e. The minimum absolute atomic E-state index is 0.654. The van der Waals surface area contributed by atoms with Gasteiger partial charge in [-0.2, -0.15) is 5.26 Å². The van der Waals surface area contributed by atoms with Crippen molar-refractivity contribution in [3.05, 3.63) is 33.1 Å². The number of nitrogens with one attached hydrogen (secondary N) is 1. The highest BCUT2D eigenvalue weighted by Gasteiger charge is 2.65. The van der Waals surface area contributed by atoms with Crippen LogP contribution in [-0.4, -0.2) is 49.3 Å². The van der Waals surface area contributed by atoms with Crippen LogP contribution >= 0.6 is 0 Å². The zero-order valence-corrected chi connectivity index (χ0v) is 10.5. The van der Waals surface area contributed by atoms with Crippen LogP contribution in [-0.2, 0) is 10.5 Å². The third-order valence-corrected chi connectivity index (χ3v) is 3.43. The smallest absolute Gasteiger partial charge is 0.331 e. The highest BCUT2D eigenvalue weighted by atomic mass is 16.6. The molecule has 4 N–H and O–H groups in total. The second-order valence-corrected chi connectivity index (χ2v) is 4.67. The molecule has 0 saturated carbocycles. The molecule has 4 unspecified atom stereocenters.